The summed E-state index contributed by atoms with van der Waals surface area (Å²) in [6.07, 6.45) is 3.94. The SMILES string of the molecule is CCN(CC(C)C(=O)O)C1CCN(C2CC2)C1. The lowest BCUT2D eigenvalue weighted by molar-refractivity contribution is -0.141. The molecule has 2 unspecified atom stereocenters. The van der Waals surface area contributed by atoms with Crippen molar-refractivity contribution in [2.75, 3.05) is 26.2 Å². The van der Waals surface area contributed by atoms with E-state index in [4.69, 9.17) is 5.11 Å². The van der Waals surface area contributed by atoms with Gasteiger partial charge in [-0.1, -0.05) is 13.8 Å². The first-order valence-electron chi connectivity index (χ1n) is 6.82. The minimum atomic E-state index is -0.680. The van der Waals surface area contributed by atoms with Gasteiger partial charge >= 0.3 is 5.97 Å². The topological polar surface area (TPSA) is 43.8 Å². The molecular weight excluding hydrogens is 216 g/mol. The van der Waals surface area contributed by atoms with E-state index in [1.165, 1.54) is 25.8 Å². The molecule has 17 heavy (non-hydrogen) atoms. The number of hydrogen-bond donors (Lipinski definition) is 1. The van der Waals surface area contributed by atoms with Crippen LogP contribution in [0.2, 0.25) is 0 Å². The smallest absolute Gasteiger partial charge is 0.307 e. The number of likely N-dealkylation sites (tertiary alicyclic amines) is 1. The first kappa shape index (κ1) is 12.8. The maximum atomic E-state index is 10.9. The van der Waals surface area contributed by atoms with Crippen molar-refractivity contribution in [2.45, 2.75) is 45.2 Å². The van der Waals surface area contributed by atoms with Gasteiger partial charge in [-0.25, -0.2) is 0 Å². The van der Waals surface area contributed by atoms with Crippen LogP contribution in [0, 0.1) is 5.92 Å². The van der Waals surface area contributed by atoms with E-state index in [0.29, 0.717) is 12.6 Å². The third-order valence-corrected chi connectivity index (χ3v) is 4.11. The van der Waals surface area contributed by atoms with E-state index in [9.17, 15) is 4.79 Å². The normalized spacial score (nSPS) is 27.6. The van der Waals surface area contributed by atoms with Crippen molar-refractivity contribution >= 4 is 5.97 Å². The zero-order valence-corrected chi connectivity index (χ0v) is 10.9. The molecule has 98 valence electrons. The molecule has 0 amide bonds. The molecule has 0 bridgehead atoms. The fraction of sp³-hybridized carbons (Fsp3) is 0.923. The Kier molecular flexibility index (Phi) is 4.05. The second-order valence-corrected chi connectivity index (χ2v) is 5.50. The monoisotopic (exact) mass is 240 g/mol. The summed E-state index contributed by atoms with van der Waals surface area (Å²) in [4.78, 5) is 15.8. The molecule has 2 atom stereocenters. The molecule has 1 aliphatic carbocycles. The van der Waals surface area contributed by atoms with Gasteiger partial charge in [-0.05, 0) is 25.8 Å². The first-order valence-corrected chi connectivity index (χ1v) is 6.82. The molecule has 1 saturated heterocycles. The van der Waals surface area contributed by atoms with Crippen LogP contribution in [0.1, 0.15) is 33.1 Å². The van der Waals surface area contributed by atoms with E-state index < -0.39 is 5.97 Å². The number of hydrogen-bond acceptors (Lipinski definition) is 3. The Balaban J connectivity index is 1.83. The number of rotatable bonds is 6. The van der Waals surface area contributed by atoms with E-state index in [1.54, 1.807) is 6.92 Å². The van der Waals surface area contributed by atoms with E-state index in [0.717, 1.165) is 19.1 Å². The van der Waals surface area contributed by atoms with Crippen LogP contribution in [0.4, 0.5) is 0 Å². The van der Waals surface area contributed by atoms with Gasteiger partial charge in [0.15, 0.2) is 0 Å². The second-order valence-electron chi connectivity index (χ2n) is 5.50. The van der Waals surface area contributed by atoms with Crippen LogP contribution in [0.5, 0.6) is 0 Å². The van der Waals surface area contributed by atoms with Crippen molar-refractivity contribution in [2.24, 2.45) is 5.92 Å². The Hall–Kier alpha value is -0.610. The van der Waals surface area contributed by atoms with E-state index in [-0.39, 0.29) is 5.92 Å². The molecule has 0 aromatic heterocycles. The lowest BCUT2D eigenvalue weighted by Crippen LogP contribution is -2.41. The summed E-state index contributed by atoms with van der Waals surface area (Å²) in [6.45, 7) is 7.93. The van der Waals surface area contributed by atoms with Crippen LogP contribution in [0.25, 0.3) is 0 Å². The number of carboxylic acid groups (broad SMARTS) is 1. The Labute approximate surface area is 104 Å². The average Bonchev–Trinajstić information content (AvgIpc) is 3.04. The maximum Gasteiger partial charge on any atom is 0.307 e. The summed E-state index contributed by atoms with van der Waals surface area (Å²) in [5.74, 6) is -0.939. The first-order chi connectivity index (χ1) is 8.11. The molecule has 0 radical (unpaired) electrons. The summed E-state index contributed by atoms with van der Waals surface area (Å²) in [5, 5.41) is 8.98. The number of nitrogens with zero attached hydrogens (tertiary/aromatic N) is 2. The molecule has 2 rings (SSSR count). The third-order valence-electron chi connectivity index (χ3n) is 4.11. The highest BCUT2D eigenvalue weighted by molar-refractivity contribution is 5.69. The van der Waals surface area contributed by atoms with Gasteiger partial charge in [0.1, 0.15) is 0 Å². The maximum absolute atomic E-state index is 10.9. The molecule has 4 heteroatoms. The van der Waals surface area contributed by atoms with Crippen molar-refractivity contribution in [1.82, 2.24) is 9.80 Å². The predicted octanol–water partition coefficient (Wildman–Crippen LogP) is 1.27. The fourth-order valence-electron chi connectivity index (χ4n) is 2.80. The minimum absolute atomic E-state index is 0.259. The fourth-order valence-corrected chi connectivity index (χ4v) is 2.80. The zero-order chi connectivity index (χ0) is 12.4. The van der Waals surface area contributed by atoms with E-state index >= 15 is 0 Å². The Bertz CT molecular complexity index is 279. The quantitative estimate of drug-likeness (QED) is 0.759. The Morgan fingerprint density at radius 3 is 2.71 bits per heavy atom. The molecule has 0 aromatic rings. The van der Waals surface area contributed by atoms with Crippen molar-refractivity contribution in [1.29, 1.82) is 0 Å². The van der Waals surface area contributed by atoms with Crippen LogP contribution in [-0.4, -0.2) is 59.1 Å². The summed E-state index contributed by atoms with van der Waals surface area (Å²) in [6, 6.07) is 1.41. The van der Waals surface area contributed by atoms with Crippen molar-refractivity contribution in [3.63, 3.8) is 0 Å². The summed E-state index contributed by atoms with van der Waals surface area (Å²) >= 11 is 0. The number of carboxylic acids is 1. The third kappa shape index (κ3) is 3.19. The Morgan fingerprint density at radius 1 is 1.47 bits per heavy atom. The van der Waals surface area contributed by atoms with Crippen molar-refractivity contribution < 1.29 is 9.90 Å². The molecule has 1 aliphatic heterocycles. The van der Waals surface area contributed by atoms with Crippen molar-refractivity contribution in [3.8, 4) is 0 Å². The zero-order valence-electron chi connectivity index (χ0n) is 10.9. The van der Waals surface area contributed by atoms with Gasteiger partial charge in [0.05, 0.1) is 5.92 Å². The van der Waals surface area contributed by atoms with Crippen LogP contribution in [0.15, 0.2) is 0 Å². The van der Waals surface area contributed by atoms with Gasteiger partial charge in [0.2, 0.25) is 0 Å². The second kappa shape index (κ2) is 5.36. The highest BCUT2D eigenvalue weighted by atomic mass is 16.4. The lowest BCUT2D eigenvalue weighted by Gasteiger charge is -2.29. The van der Waals surface area contributed by atoms with Crippen LogP contribution in [-0.2, 0) is 4.79 Å². The molecule has 0 aromatic carbocycles. The molecule has 4 nitrogen and oxygen atoms in total. The summed E-state index contributed by atoms with van der Waals surface area (Å²) in [5.41, 5.74) is 0. The molecule has 2 fully saturated rings. The van der Waals surface area contributed by atoms with Crippen LogP contribution < -0.4 is 0 Å². The molecule has 1 N–H and O–H groups in total. The molecule has 1 heterocycles. The highest BCUT2D eigenvalue weighted by Gasteiger charge is 2.36. The van der Waals surface area contributed by atoms with Crippen LogP contribution >= 0.6 is 0 Å². The molecule has 1 saturated carbocycles. The molecule has 2 aliphatic rings. The van der Waals surface area contributed by atoms with Gasteiger partial charge in [-0.2, -0.15) is 0 Å². The summed E-state index contributed by atoms with van der Waals surface area (Å²) < 4.78 is 0. The number of carbonyl (C=O) groups is 1. The number of aliphatic carboxylic acids is 1. The van der Waals surface area contributed by atoms with E-state index in [1.807, 2.05) is 0 Å². The van der Waals surface area contributed by atoms with E-state index in [2.05, 4.69) is 16.7 Å². The van der Waals surface area contributed by atoms with Crippen LogP contribution in [0.3, 0.4) is 0 Å². The van der Waals surface area contributed by atoms with Crippen molar-refractivity contribution in [3.05, 3.63) is 0 Å². The van der Waals surface area contributed by atoms with Gasteiger partial charge in [0, 0.05) is 31.7 Å². The Morgan fingerprint density at radius 2 is 2.18 bits per heavy atom. The summed E-state index contributed by atoms with van der Waals surface area (Å²) in [7, 11) is 0. The van der Waals surface area contributed by atoms with Gasteiger partial charge in [0.25, 0.3) is 0 Å². The highest BCUT2D eigenvalue weighted by Crippen LogP contribution is 2.31. The van der Waals surface area contributed by atoms with Gasteiger partial charge in [-0.15, -0.1) is 0 Å². The largest absolute Gasteiger partial charge is 0.481 e. The molecular formula is C13H24N2O2. The number of likely N-dealkylation sites (N-methyl/N-ethyl adjacent to an activating group) is 1. The standard InChI is InChI=1S/C13H24N2O2/c1-3-14(8-10(2)13(16)17)12-6-7-15(9-12)11-4-5-11/h10-12H,3-9H2,1-2H3,(H,16,17). The average molecular weight is 240 g/mol. The molecule has 0 spiro atoms. The van der Waals surface area contributed by atoms with Gasteiger partial charge < -0.3 is 5.11 Å². The predicted molar refractivity (Wildman–Crippen MR) is 67.0 cm³/mol. The minimum Gasteiger partial charge on any atom is -0.481 e. The lowest BCUT2D eigenvalue weighted by atomic mass is 10.1. The van der Waals surface area contributed by atoms with Gasteiger partial charge in [-0.3, -0.25) is 14.6 Å².